The normalized spacial score (nSPS) is 27.9. The van der Waals surface area contributed by atoms with E-state index < -0.39 is 0 Å². The van der Waals surface area contributed by atoms with Crippen LogP contribution in [0.2, 0.25) is 0 Å². The van der Waals surface area contributed by atoms with E-state index in [4.69, 9.17) is 18.9 Å². The van der Waals surface area contributed by atoms with Crippen molar-refractivity contribution in [1.82, 2.24) is 8.97 Å². The maximum Gasteiger partial charge on any atom is 0.133 e. The number of unbranched alkanes of at least 4 members (excludes halogenated alkanes) is 2. The van der Waals surface area contributed by atoms with E-state index in [1.165, 1.54) is 48.2 Å². The highest BCUT2D eigenvalue weighted by Gasteiger charge is 2.44. The van der Waals surface area contributed by atoms with Crippen LogP contribution in [0.15, 0.2) is 48.5 Å². The van der Waals surface area contributed by atoms with Gasteiger partial charge in [-0.15, -0.1) is 0 Å². The monoisotopic (exact) mass is 536 g/mol. The minimum Gasteiger partial charge on any atom is -0.367 e. The van der Waals surface area contributed by atoms with Gasteiger partial charge in [-0.25, -0.2) is 0 Å². The predicted octanol–water partition coefficient (Wildman–Crippen LogP) is 5.09. The molecule has 0 N–H and O–H groups in total. The molecule has 4 saturated heterocycles. The SMILES string of the molecule is CCCC[N+](CC1CO1)(CC1CO1)c1ccc(Cc2ccc([N+](CCCC)(CC3CO3)CC3CO3)cc2)cc1. The van der Waals surface area contributed by atoms with E-state index in [0.29, 0.717) is 24.4 Å². The van der Waals surface area contributed by atoms with E-state index >= 15 is 0 Å². The highest BCUT2D eigenvalue weighted by Crippen LogP contribution is 2.33. The van der Waals surface area contributed by atoms with Gasteiger partial charge in [-0.2, -0.15) is 0 Å². The number of ether oxygens (including phenoxy) is 4. The Bertz CT molecular complexity index is 943. The van der Waals surface area contributed by atoms with Gasteiger partial charge in [-0.1, -0.05) is 51.0 Å². The Labute approximate surface area is 235 Å². The van der Waals surface area contributed by atoms with Crippen molar-refractivity contribution in [2.75, 3.05) is 65.7 Å². The van der Waals surface area contributed by atoms with Gasteiger partial charge >= 0.3 is 0 Å². The molecule has 2 aromatic rings. The third-order valence-electron chi connectivity index (χ3n) is 9.08. The van der Waals surface area contributed by atoms with Crippen molar-refractivity contribution >= 4 is 11.4 Å². The Morgan fingerprint density at radius 1 is 0.538 bits per heavy atom. The molecule has 0 aliphatic carbocycles. The van der Waals surface area contributed by atoms with Crippen molar-refractivity contribution in [3.05, 3.63) is 59.7 Å². The summed E-state index contributed by atoms with van der Waals surface area (Å²) >= 11 is 0. The molecule has 0 saturated carbocycles. The first kappa shape index (κ1) is 27.4. The Kier molecular flexibility index (Phi) is 8.41. The average Bonchev–Trinajstić information content (AvgIpc) is 3.74. The highest BCUT2D eigenvalue weighted by atomic mass is 16.6. The van der Waals surface area contributed by atoms with E-state index in [1.54, 1.807) is 0 Å². The van der Waals surface area contributed by atoms with Crippen LogP contribution in [-0.2, 0) is 25.4 Å². The van der Waals surface area contributed by atoms with Crippen LogP contribution in [0.1, 0.15) is 50.7 Å². The molecule has 6 nitrogen and oxygen atoms in total. The van der Waals surface area contributed by atoms with Crippen LogP contribution in [0.4, 0.5) is 11.4 Å². The molecule has 39 heavy (non-hydrogen) atoms. The number of nitrogens with zero attached hydrogens (tertiary/aromatic N) is 2. The molecule has 212 valence electrons. The molecule has 2 aromatic carbocycles. The zero-order chi connectivity index (χ0) is 26.7. The molecular weight excluding hydrogens is 488 g/mol. The van der Waals surface area contributed by atoms with E-state index in [-0.39, 0.29) is 0 Å². The lowest BCUT2D eigenvalue weighted by Gasteiger charge is -2.38. The molecule has 0 amide bonds. The van der Waals surface area contributed by atoms with Crippen LogP contribution in [0.25, 0.3) is 0 Å². The third kappa shape index (κ3) is 7.29. The first-order chi connectivity index (χ1) is 19.1. The summed E-state index contributed by atoms with van der Waals surface area (Å²) in [6.45, 7) is 14.8. The second-order valence-electron chi connectivity index (χ2n) is 12.5. The number of rotatable bonds is 18. The maximum absolute atomic E-state index is 5.70. The van der Waals surface area contributed by atoms with E-state index in [2.05, 4.69) is 62.4 Å². The summed E-state index contributed by atoms with van der Waals surface area (Å²) < 4.78 is 24.8. The first-order valence-electron chi connectivity index (χ1n) is 15.5. The van der Waals surface area contributed by atoms with Gasteiger partial charge in [0.1, 0.15) is 62.0 Å². The van der Waals surface area contributed by atoms with Gasteiger partial charge in [0.05, 0.1) is 39.5 Å². The Morgan fingerprint density at radius 2 is 0.846 bits per heavy atom. The lowest BCUT2D eigenvalue weighted by atomic mass is 10.0. The van der Waals surface area contributed by atoms with Crippen LogP contribution in [-0.4, -0.2) is 90.1 Å². The molecule has 0 bridgehead atoms. The minimum absolute atomic E-state index is 0.402. The summed E-state index contributed by atoms with van der Waals surface area (Å²) in [7, 11) is 0. The molecule has 4 unspecified atom stereocenters. The molecule has 4 atom stereocenters. The lowest BCUT2D eigenvalue weighted by molar-refractivity contribution is 0.217. The fourth-order valence-electron chi connectivity index (χ4n) is 6.46. The van der Waals surface area contributed by atoms with Gasteiger partial charge < -0.3 is 18.9 Å². The van der Waals surface area contributed by atoms with Crippen LogP contribution >= 0.6 is 0 Å². The summed E-state index contributed by atoms with van der Waals surface area (Å²) in [5.74, 6) is 0. The fraction of sp³-hybridized carbons (Fsp3) is 0.636. The molecular formula is C33H48N2O4+2. The maximum atomic E-state index is 5.70. The largest absolute Gasteiger partial charge is 0.367 e. The fourth-order valence-corrected chi connectivity index (χ4v) is 6.46. The van der Waals surface area contributed by atoms with Gasteiger partial charge in [0.2, 0.25) is 0 Å². The van der Waals surface area contributed by atoms with Gasteiger partial charge in [-0.05, 0) is 54.7 Å². The topological polar surface area (TPSA) is 50.1 Å². The smallest absolute Gasteiger partial charge is 0.133 e. The molecule has 6 rings (SSSR count). The quantitative estimate of drug-likeness (QED) is 0.197. The van der Waals surface area contributed by atoms with E-state index in [1.807, 2.05) is 0 Å². The molecule has 4 fully saturated rings. The zero-order valence-electron chi connectivity index (χ0n) is 24.1. The second-order valence-corrected chi connectivity index (χ2v) is 12.5. The average molecular weight is 537 g/mol. The van der Waals surface area contributed by atoms with Crippen molar-refractivity contribution in [3.8, 4) is 0 Å². The number of benzene rings is 2. The Morgan fingerprint density at radius 3 is 1.10 bits per heavy atom. The third-order valence-corrected chi connectivity index (χ3v) is 9.08. The van der Waals surface area contributed by atoms with Crippen LogP contribution in [0.5, 0.6) is 0 Å². The standard InChI is InChI=1S/C33H48N2O4/c1-3-5-15-34(18-30-22-36-30,19-31-23-37-31)28-11-7-26(8-12-28)17-27-9-13-29(14-10-27)35(16-6-4-2,20-32-24-38-32)21-33-25-39-33/h7-14,30-33H,3-6,15-25H2,1-2H3/q+2. The molecule has 4 aliphatic rings. The van der Waals surface area contributed by atoms with Crippen LogP contribution < -0.4 is 8.97 Å². The van der Waals surface area contributed by atoms with E-state index in [9.17, 15) is 0 Å². The Balaban J connectivity index is 1.17. The van der Waals surface area contributed by atoms with Gasteiger partial charge in [0, 0.05) is 0 Å². The summed E-state index contributed by atoms with van der Waals surface area (Å²) in [5.41, 5.74) is 5.57. The summed E-state index contributed by atoms with van der Waals surface area (Å²) in [5, 5.41) is 0. The number of hydrogen-bond donors (Lipinski definition) is 0. The second kappa shape index (κ2) is 12.0. The Hall–Kier alpha value is -1.80. The molecule has 4 aliphatic heterocycles. The molecule has 0 aromatic heterocycles. The van der Waals surface area contributed by atoms with Crippen molar-refractivity contribution in [2.24, 2.45) is 0 Å². The predicted molar refractivity (Wildman–Crippen MR) is 157 cm³/mol. The van der Waals surface area contributed by atoms with Crippen molar-refractivity contribution in [1.29, 1.82) is 0 Å². The molecule has 6 heteroatoms. The lowest BCUT2D eigenvalue weighted by Crippen LogP contribution is -2.54. The van der Waals surface area contributed by atoms with Crippen LogP contribution in [0, 0.1) is 0 Å². The summed E-state index contributed by atoms with van der Waals surface area (Å²) in [6.07, 6.45) is 7.45. The van der Waals surface area contributed by atoms with Gasteiger partial charge in [-0.3, -0.25) is 8.97 Å². The van der Waals surface area contributed by atoms with Gasteiger partial charge in [0.25, 0.3) is 0 Å². The molecule has 0 radical (unpaired) electrons. The highest BCUT2D eigenvalue weighted by molar-refractivity contribution is 5.48. The first-order valence-corrected chi connectivity index (χ1v) is 15.5. The number of hydrogen-bond acceptors (Lipinski definition) is 4. The van der Waals surface area contributed by atoms with Crippen molar-refractivity contribution in [3.63, 3.8) is 0 Å². The zero-order valence-corrected chi connectivity index (χ0v) is 24.1. The minimum atomic E-state index is 0.402. The van der Waals surface area contributed by atoms with Crippen LogP contribution in [0.3, 0.4) is 0 Å². The van der Waals surface area contributed by atoms with Gasteiger partial charge in [0.15, 0.2) is 0 Å². The number of epoxide rings is 4. The van der Waals surface area contributed by atoms with E-state index in [0.717, 1.165) is 81.1 Å². The summed E-state index contributed by atoms with van der Waals surface area (Å²) in [6, 6.07) is 18.9. The molecule has 0 spiro atoms. The molecule has 4 heterocycles. The number of quaternary nitrogens is 2. The van der Waals surface area contributed by atoms with Crippen molar-refractivity contribution in [2.45, 2.75) is 70.4 Å². The van der Waals surface area contributed by atoms with Crippen molar-refractivity contribution < 1.29 is 18.9 Å². The summed E-state index contributed by atoms with van der Waals surface area (Å²) in [4.78, 5) is 0.